The molecule has 1 aromatic rings. The van der Waals surface area contributed by atoms with Gasteiger partial charge in [0.15, 0.2) is 0 Å². The molecule has 0 radical (unpaired) electrons. The molecule has 0 aliphatic carbocycles. The molecule has 0 spiro atoms. The number of aromatic nitrogens is 1. The maximum Gasteiger partial charge on any atom is 0.244 e. The number of aliphatic hydroxyl groups excluding tert-OH is 1. The van der Waals surface area contributed by atoms with Crippen LogP contribution in [0.25, 0.3) is 0 Å². The van der Waals surface area contributed by atoms with Gasteiger partial charge in [-0.2, -0.15) is 4.31 Å². The zero-order chi connectivity index (χ0) is 14.8. The quantitative estimate of drug-likeness (QED) is 0.834. The van der Waals surface area contributed by atoms with E-state index in [4.69, 9.17) is 5.73 Å². The van der Waals surface area contributed by atoms with E-state index in [2.05, 4.69) is 4.98 Å². The molecule has 1 aliphatic heterocycles. The van der Waals surface area contributed by atoms with Crippen LogP contribution < -0.4 is 5.73 Å². The number of nitrogens with two attached hydrogens (primary N) is 1. The Labute approximate surface area is 119 Å². The fourth-order valence-electron chi connectivity index (χ4n) is 2.43. The van der Waals surface area contributed by atoms with Gasteiger partial charge >= 0.3 is 0 Å². The summed E-state index contributed by atoms with van der Waals surface area (Å²) in [5, 5.41) is 9.55. The number of nitrogens with zero attached hydrogens (tertiary/aromatic N) is 2. The monoisotopic (exact) mass is 299 g/mol. The maximum absolute atomic E-state index is 12.5. The van der Waals surface area contributed by atoms with Crippen molar-refractivity contribution in [1.82, 2.24) is 9.29 Å². The van der Waals surface area contributed by atoms with Gasteiger partial charge in [0.1, 0.15) is 4.90 Å². The molecule has 7 heteroatoms. The van der Waals surface area contributed by atoms with E-state index in [-0.39, 0.29) is 16.9 Å². The second-order valence-electron chi connectivity index (χ2n) is 5.17. The molecule has 3 N–H and O–H groups in total. The van der Waals surface area contributed by atoms with E-state index in [0.29, 0.717) is 38.2 Å². The highest BCUT2D eigenvalue weighted by molar-refractivity contribution is 7.89. The predicted octanol–water partition coefficient (Wildman–Crippen LogP) is 0.322. The molecule has 6 nitrogen and oxygen atoms in total. The van der Waals surface area contributed by atoms with E-state index in [1.54, 1.807) is 19.1 Å². The topological polar surface area (TPSA) is 96.5 Å². The van der Waals surface area contributed by atoms with E-state index in [0.717, 1.165) is 0 Å². The molecule has 2 heterocycles. The van der Waals surface area contributed by atoms with Gasteiger partial charge < -0.3 is 10.8 Å². The van der Waals surface area contributed by atoms with Crippen LogP contribution in [0.4, 0.5) is 0 Å². The second kappa shape index (κ2) is 6.17. The third-order valence-electron chi connectivity index (χ3n) is 3.83. The first kappa shape index (κ1) is 15.4. The first-order valence-corrected chi connectivity index (χ1v) is 8.22. The van der Waals surface area contributed by atoms with Gasteiger partial charge in [0.2, 0.25) is 10.0 Å². The van der Waals surface area contributed by atoms with E-state index in [1.807, 2.05) is 0 Å². The predicted molar refractivity (Wildman–Crippen MR) is 75.3 cm³/mol. The van der Waals surface area contributed by atoms with Crippen molar-refractivity contribution in [2.75, 3.05) is 13.1 Å². The zero-order valence-corrected chi connectivity index (χ0v) is 12.4. The van der Waals surface area contributed by atoms with Crippen molar-refractivity contribution in [3.63, 3.8) is 0 Å². The summed E-state index contributed by atoms with van der Waals surface area (Å²) < 4.78 is 26.4. The minimum Gasteiger partial charge on any atom is -0.393 e. The molecule has 0 amide bonds. The van der Waals surface area contributed by atoms with Gasteiger partial charge in [-0.25, -0.2) is 8.42 Å². The van der Waals surface area contributed by atoms with Crippen molar-refractivity contribution in [3.05, 3.63) is 24.0 Å². The third kappa shape index (κ3) is 3.17. The Balaban J connectivity index is 2.11. The summed E-state index contributed by atoms with van der Waals surface area (Å²) in [6.07, 6.45) is 2.35. The molecule has 20 heavy (non-hydrogen) atoms. The summed E-state index contributed by atoms with van der Waals surface area (Å²) in [6.45, 7) is 2.93. The van der Waals surface area contributed by atoms with E-state index < -0.39 is 10.0 Å². The fourth-order valence-corrected chi connectivity index (χ4v) is 3.85. The Kier molecular flexibility index (Phi) is 4.74. The van der Waals surface area contributed by atoms with Gasteiger partial charge in [-0.05, 0) is 37.8 Å². The molecule has 1 unspecified atom stereocenters. The lowest BCUT2D eigenvalue weighted by atomic mass is 9.93. The lowest BCUT2D eigenvalue weighted by molar-refractivity contribution is 0.0912. The van der Waals surface area contributed by atoms with E-state index in [1.165, 1.54) is 10.5 Å². The molecule has 1 atom stereocenters. The van der Waals surface area contributed by atoms with Gasteiger partial charge in [0, 0.05) is 25.8 Å². The molecular formula is C13H21N3O3S. The van der Waals surface area contributed by atoms with Crippen LogP contribution in [-0.4, -0.2) is 42.0 Å². The Morgan fingerprint density at radius 3 is 2.55 bits per heavy atom. The number of hydrogen-bond acceptors (Lipinski definition) is 5. The van der Waals surface area contributed by atoms with Crippen LogP contribution >= 0.6 is 0 Å². The lowest BCUT2D eigenvalue weighted by Gasteiger charge is -2.32. The van der Waals surface area contributed by atoms with Crippen molar-refractivity contribution >= 4 is 10.0 Å². The summed E-state index contributed by atoms with van der Waals surface area (Å²) in [7, 11) is -3.49. The fraction of sp³-hybridized carbons (Fsp3) is 0.615. The van der Waals surface area contributed by atoms with Crippen molar-refractivity contribution in [3.8, 4) is 0 Å². The van der Waals surface area contributed by atoms with E-state index in [9.17, 15) is 13.5 Å². The van der Waals surface area contributed by atoms with Crippen molar-refractivity contribution < 1.29 is 13.5 Å². The first-order valence-electron chi connectivity index (χ1n) is 6.78. The molecule has 1 aromatic heterocycles. The number of aliphatic hydroxyl groups is 1. The van der Waals surface area contributed by atoms with Gasteiger partial charge in [-0.15, -0.1) is 0 Å². The summed E-state index contributed by atoms with van der Waals surface area (Å²) in [5.41, 5.74) is 6.11. The zero-order valence-electron chi connectivity index (χ0n) is 11.6. The highest BCUT2D eigenvalue weighted by Crippen LogP contribution is 2.25. The minimum absolute atomic E-state index is 0.180. The molecule has 1 saturated heterocycles. The number of piperidine rings is 1. The SMILES string of the molecule is CC(O)C1CCN(S(=O)(=O)c2ccc(CN)nc2)CC1. The van der Waals surface area contributed by atoms with Crippen LogP contribution in [-0.2, 0) is 16.6 Å². The van der Waals surface area contributed by atoms with Crippen LogP contribution in [0.5, 0.6) is 0 Å². The third-order valence-corrected chi connectivity index (χ3v) is 5.71. The molecule has 112 valence electrons. The molecule has 0 bridgehead atoms. The average Bonchev–Trinajstić information content (AvgIpc) is 2.47. The summed E-state index contributed by atoms with van der Waals surface area (Å²) in [4.78, 5) is 4.23. The highest BCUT2D eigenvalue weighted by atomic mass is 32.2. The van der Waals surface area contributed by atoms with Gasteiger partial charge in [0.25, 0.3) is 0 Å². The second-order valence-corrected chi connectivity index (χ2v) is 7.11. The van der Waals surface area contributed by atoms with Crippen LogP contribution in [0.2, 0.25) is 0 Å². The number of pyridine rings is 1. The lowest BCUT2D eigenvalue weighted by Crippen LogP contribution is -2.40. The normalized spacial score (nSPS) is 19.9. The van der Waals surface area contributed by atoms with Crippen molar-refractivity contribution in [1.29, 1.82) is 0 Å². The Morgan fingerprint density at radius 1 is 1.45 bits per heavy atom. The van der Waals surface area contributed by atoms with Crippen LogP contribution in [0.1, 0.15) is 25.5 Å². The average molecular weight is 299 g/mol. The van der Waals surface area contributed by atoms with Crippen LogP contribution in [0, 0.1) is 5.92 Å². The van der Waals surface area contributed by atoms with E-state index >= 15 is 0 Å². The van der Waals surface area contributed by atoms with Crippen molar-refractivity contribution in [2.24, 2.45) is 11.7 Å². The molecule has 0 saturated carbocycles. The largest absolute Gasteiger partial charge is 0.393 e. The number of sulfonamides is 1. The van der Waals surface area contributed by atoms with Gasteiger partial charge in [0.05, 0.1) is 11.8 Å². The maximum atomic E-state index is 12.5. The summed E-state index contributed by atoms with van der Waals surface area (Å²) in [6, 6.07) is 3.18. The Bertz CT molecular complexity index is 534. The summed E-state index contributed by atoms with van der Waals surface area (Å²) >= 11 is 0. The number of hydrogen-bond donors (Lipinski definition) is 2. The molecular weight excluding hydrogens is 278 g/mol. The van der Waals surface area contributed by atoms with Crippen molar-refractivity contribution in [2.45, 2.75) is 37.3 Å². The Morgan fingerprint density at radius 2 is 2.10 bits per heavy atom. The molecule has 2 rings (SSSR count). The first-order chi connectivity index (χ1) is 9.45. The molecule has 1 aliphatic rings. The minimum atomic E-state index is -3.49. The van der Waals surface area contributed by atoms with Gasteiger partial charge in [-0.1, -0.05) is 0 Å². The standard InChI is InChI=1S/C13H21N3O3S/c1-10(17)11-4-6-16(7-5-11)20(18,19)13-3-2-12(8-14)15-9-13/h2-3,9-11,17H,4-8,14H2,1H3. The summed E-state index contributed by atoms with van der Waals surface area (Å²) in [5.74, 6) is 0.180. The molecule has 1 fully saturated rings. The highest BCUT2D eigenvalue weighted by Gasteiger charge is 2.30. The number of rotatable bonds is 4. The van der Waals surface area contributed by atoms with Gasteiger partial charge in [-0.3, -0.25) is 4.98 Å². The Hall–Kier alpha value is -1.02. The van der Waals surface area contributed by atoms with Crippen LogP contribution in [0.3, 0.4) is 0 Å². The van der Waals surface area contributed by atoms with Crippen LogP contribution in [0.15, 0.2) is 23.2 Å². The molecule has 0 aromatic carbocycles. The smallest absolute Gasteiger partial charge is 0.244 e.